The van der Waals surface area contributed by atoms with E-state index >= 15 is 0 Å². The molecule has 2 heterocycles. The molecule has 0 saturated carbocycles. The molecule has 0 saturated heterocycles. The highest BCUT2D eigenvalue weighted by Gasteiger charge is 2.25. The Morgan fingerprint density at radius 1 is 1.33 bits per heavy atom. The average Bonchev–Trinajstić information content (AvgIpc) is 2.60. The first-order valence-corrected chi connectivity index (χ1v) is 8.22. The van der Waals surface area contributed by atoms with E-state index in [2.05, 4.69) is 10.3 Å². The van der Waals surface area contributed by atoms with Crippen molar-refractivity contribution >= 4 is 5.91 Å². The van der Waals surface area contributed by atoms with E-state index in [1.54, 1.807) is 6.20 Å². The molecule has 1 aliphatic heterocycles. The molecule has 1 amide bonds. The van der Waals surface area contributed by atoms with E-state index < -0.39 is 0 Å². The summed E-state index contributed by atoms with van der Waals surface area (Å²) < 4.78 is 11.2. The number of aromatic nitrogens is 1. The molecule has 2 aromatic rings. The van der Waals surface area contributed by atoms with Crippen LogP contribution in [-0.2, 0) is 17.8 Å². The Labute approximate surface area is 142 Å². The van der Waals surface area contributed by atoms with Gasteiger partial charge in [0.05, 0.1) is 12.0 Å². The van der Waals surface area contributed by atoms with Crippen LogP contribution in [-0.4, -0.2) is 23.6 Å². The van der Waals surface area contributed by atoms with Crippen LogP contribution in [0.15, 0.2) is 42.6 Å². The summed E-state index contributed by atoms with van der Waals surface area (Å²) in [6.07, 6.45) is 2.53. The molecule has 0 radical (unpaired) electrons. The first-order chi connectivity index (χ1) is 11.6. The molecule has 1 N–H and O–H groups in total. The maximum atomic E-state index is 12.4. The minimum Gasteiger partial charge on any atom is -0.492 e. The number of nitrogens with one attached hydrogen (secondary N) is 1. The van der Waals surface area contributed by atoms with Gasteiger partial charge in [-0.1, -0.05) is 24.3 Å². The third kappa shape index (κ3) is 4.04. The zero-order chi connectivity index (χ0) is 16.9. The maximum absolute atomic E-state index is 12.4. The Morgan fingerprint density at radius 3 is 2.92 bits per heavy atom. The van der Waals surface area contributed by atoms with Crippen LogP contribution in [0.4, 0.5) is 0 Å². The van der Waals surface area contributed by atoms with Crippen molar-refractivity contribution in [3.8, 4) is 11.6 Å². The number of benzene rings is 1. The van der Waals surface area contributed by atoms with Gasteiger partial charge in [0.25, 0.3) is 0 Å². The number of nitrogens with zero attached hydrogens (tertiary/aromatic N) is 1. The molecular weight excluding hydrogens is 304 g/mol. The Kier molecular flexibility index (Phi) is 4.99. The molecule has 0 aliphatic carbocycles. The molecule has 5 nitrogen and oxygen atoms in total. The van der Waals surface area contributed by atoms with E-state index in [1.165, 1.54) is 0 Å². The van der Waals surface area contributed by atoms with Crippen LogP contribution in [0.2, 0.25) is 0 Å². The minimum atomic E-state index is -0.156. The number of hydrogen-bond donors (Lipinski definition) is 1. The van der Waals surface area contributed by atoms with Crippen molar-refractivity contribution in [2.24, 2.45) is 5.92 Å². The highest BCUT2D eigenvalue weighted by Crippen LogP contribution is 2.26. The summed E-state index contributed by atoms with van der Waals surface area (Å²) in [6.45, 7) is 4.79. The number of fused-ring (bicyclic) bond motifs is 1. The van der Waals surface area contributed by atoms with Crippen LogP contribution < -0.4 is 14.8 Å². The molecule has 0 spiro atoms. The third-order valence-corrected chi connectivity index (χ3v) is 3.87. The standard InChI is InChI=1S/C19H22N2O3/c1-13(2)24-18-8-7-14(10-20-18)11-21-19(22)16-9-15-5-3-4-6-17(15)23-12-16/h3-8,10,13,16H,9,11-12H2,1-2H3,(H,21,22)/t16-/m0/s1. The van der Waals surface area contributed by atoms with Gasteiger partial charge in [-0.3, -0.25) is 4.79 Å². The molecule has 0 bridgehead atoms. The smallest absolute Gasteiger partial charge is 0.227 e. The van der Waals surface area contributed by atoms with Crippen molar-refractivity contribution < 1.29 is 14.3 Å². The van der Waals surface area contributed by atoms with E-state index in [1.807, 2.05) is 50.2 Å². The summed E-state index contributed by atoms with van der Waals surface area (Å²) >= 11 is 0. The average molecular weight is 326 g/mol. The lowest BCUT2D eigenvalue weighted by Gasteiger charge is -2.24. The van der Waals surface area contributed by atoms with Gasteiger partial charge in [0.15, 0.2) is 0 Å². The van der Waals surface area contributed by atoms with Crippen molar-refractivity contribution in [1.29, 1.82) is 0 Å². The van der Waals surface area contributed by atoms with Crippen LogP contribution in [0.25, 0.3) is 0 Å². The van der Waals surface area contributed by atoms with Crippen LogP contribution >= 0.6 is 0 Å². The minimum absolute atomic E-state index is 0.00649. The van der Waals surface area contributed by atoms with Crippen LogP contribution in [0, 0.1) is 5.92 Å². The normalized spacial score (nSPS) is 16.2. The molecule has 0 fully saturated rings. The molecular formula is C19H22N2O3. The molecule has 5 heteroatoms. The van der Waals surface area contributed by atoms with Gasteiger partial charge in [0.1, 0.15) is 12.4 Å². The fraction of sp³-hybridized carbons (Fsp3) is 0.368. The van der Waals surface area contributed by atoms with Crippen LogP contribution in [0.1, 0.15) is 25.0 Å². The Hall–Kier alpha value is -2.56. The highest BCUT2D eigenvalue weighted by molar-refractivity contribution is 5.79. The van der Waals surface area contributed by atoms with Crippen molar-refractivity contribution in [3.63, 3.8) is 0 Å². The largest absolute Gasteiger partial charge is 0.492 e. The number of pyridine rings is 1. The van der Waals surface area contributed by atoms with Crippen molar-refractivity contribution in [2.75, 3.05) is 6.61 Å². The summed E-state index contributed by atoms with van der Waals surface area (Å²) in [4.78, 5) is 16.6. The van der Waals surface area contributed by atoms with Gasteiger partial charge >= 0.3 is 0 Å². The Bertz CT molecular complexity index is 698. The number of ether oxygens (including phenoxy) is 2. The SMILES string of the molecule is CC(C)Oc1ccc(CNC(=O)[C@@H]2COc3ccccc3C2)cn1. The second-order valence-corrected chi connectivity index (χ2v) is 6.21. The maximum Gasteiger partial charge on any atom is 0.227 e. The second-order valence-electron chi connectivity index (χ2n) is 6.21. The van der Waals surface area contributed by atoms with Gasteiger partial charge in [0, 0.05) is 18.8 Å². The monoisotopic (exact) mass is 326 g/mol. The topological polar surface area (TPSA) is 60.5 Å². The second kappa shape index (κ2) is 7.34. The van der Waals surface area contributed by atoms with E-state index in [0.29, 0.717) is 25.5 Å². The number of rotatable bonds is 5. The lowest BCUT2D eigenvalue weighted by molar-refractivity contribution is -0.126. The molecule has 3 rings (SSSR count). The lowest BCUT2D eigenvalue weighted by atomic mass is 9.96. The highest BCUT2D eigenvalue weighted by atomic mass is 16.5. The van der Waals surface area contributed by atoms with Crippen LogP contribution in [0.3, 0.4) is 0 Å². The van der Waals surface area contributed by atoms with Gasteiger partial charge in [-0.2, -0.15) is 0 Å². The number of amides is 1. The van der Waals surface area contributed by atoms with Gasteiger partial charge in [-0.25, -0.2) is 4.98 Å². The molecule has 24 heavy (non-hydrogen) atoms. The summed E-state index contributed by atoms with van der Waals surface area (Å²) in [5, 5.41) is 2.96. The van der Waals surface area contributed by atoms with E-state index in [-0.39, 0.29) is 17.9 Å². The van der Waals surface area contributed by atoms with Crippen LogP contribution in [0.5, 0.6) is 11.6 Å². The summed E-state index contributed by atoms with van der Waals surface area (Å²) in [5.41, 5.74) is 2.03. The number of carbonyl (C=O) groups is 1. The Balaban J connectivity index is 1.53. The zero-order valence-corrected chi connectivity index (χ0v) is 14.0. The number of hydrogen-bond acceptors (Lipinski definition) is 4. The molecule has 0 unspecified atom stereocenters. The fourth-order valence-corrected chi connectivity index (χ4v) is 2.66. The van der Waals surface area contributed by atoms with E-state index in [4.69, 9.17) is 9.47 Å². The van der Waals surface area contributed by atoms with E-state index in [0.717, 1.165) is 16.9 Å². The zero-order valence-electron chi connectivity index (χ0n) is 14.0. The van der Waals surface area contributed by atoms with E-state index in [9.17, 15) is 4.79 Å². The predicted molar refractivity (Wildman–Crippen MR) is 91.0 cm³/mol. The molecule has 1 aromatic heterocycles. The predicted octanol–water partition coefficient (Wildman–Crippen LogP) is 2.74. The summed E-state index contributed by atoms with van der Waals surface area (Å²) in [5.74, 6) is 1.33. The molecule has 1 aromatic carbocycles. The van der Waals surface area contributed by atoms with Gasteiger partial charge < -0.3 is 14.8 Å². The molecule has 1 atom stereocenters. The Morgan fingerprint density at radius 2 is 2.17 bits per heavy atom. The van der Waals surface area contributed by atoms with Gasteiger partial charge in [-0.15, -0.1) is 0 Å². The number of para-hydroxylation sites is 1. The quantitative estimate of drug-likeness (QED) is 0.918. The fourth-order valence-electron chi connectivity index (χ4n) is 2.66. The number of carbonyl (C=O) groups excluding carboxylic acids is 1. The third-order valence-electron chi connectivity index (χ3n) is 3.87. The van der Waals surface area contributed by atoms with Gasteiger partial charge in [0.2, 0.25) is 11.8 Å². The summed E-state index contributed by atoms with van der Waals surface area (Å²) in [6, 6.07) is 11.6. The van der Waals surface area contributed by atoms with Gasteiger partial charge in [-0.05, 0) is 37.5 Å². The van der Waals surface area contributed by atoms with Crippen molar-refractivity contribution in [1.82, 2.24) is 10.3 Å². The lowest BCUT2D eigenvalue weighted by Crippen LogP contribution is -2.37. The molecule has 126 valence electrons. The van der Waals surface area contributed by atoms with Crippen molar-refractivity contribution in [3.05, 3.63) is 53.7 Å². The first-order valence-electron chi connectivity index (χ1n) is 8.22. The van der Waals surface area contributed by atoms with Crippen molar-refractivity contribution in [2.45, 2.75) is 32.9 Å². The summed E-state index contributed by atoms with van der Waals surface area (Å²) in [7, 11) is 0. The molecule has 1 aliphatic rings. The first kappa shape index (κ1) is 16.3.